The van der Waals surface area contributed by atoms with Crippen LogP contribution in [0.15, 0.2) is 16.7 Å². The van der Waals surface area contributed by atoms with Crippen molar-refractivity contribution in [1.82, 2.24) is 9.97 Å². The number of rotatable bonds is 6. The number of hydrogen-bond acceptors (Lipinski definition) is 9. The van der Waals surface area contributed by atoms with Crippen LogP contribution in [0, 0.1) is 0 Å². The summed E-state index contributed by atoms with van der Waals surface area (Å²) in [4.78, 5) is 9.33. The monoisotopic (exact) mass is 412 g/mol. The van der Waals surface area contributed by atoms with Crippen molar-refractivity contribution in [1.29, 1.82) is 0 Å². The van der Waals surface area contributed by atoms with Crippen LogP contribution in [-0.2, 0) is 24.7 Å². The molecule has 0 radical (unpaired) electrons. The van der Waals surface area contributed by atoms with E-state index < -0.39 is 29.9 Å². The van der Waals surface area contributed by atoms with E-state index in [-0.39, 0.29) is 0 Å². The highest BCUT2D eigenvalue weighted by Crippen LogP contribution is 2.50. The molecule has 0 spiro atoms. The van der Waals surface area contributed by atoms with Gasteiger partial charge in [0.2, 0.25) is 5.79 Å². The molecule has 2 saturated heterocycles. The average molecular weight is 413 g/mol. The summed E-state index contributed by atoms with van der Waals surface area (Å²) in [5.74, 6) is -2.45. The molecule has 2 aromatic rings. The zero-order chi connectivity index (χ0) is 19.2. The van der Waals surface area contributed by atoms with Gasteiger partial charge in [-0.3, -0.25) is 0 Å². The molecule has 4 atom stereocenters. The van der Waals surface area contributed by atoms with E-state index in [0.29, 0.717) is 23.6 Å². The zero-order valence-corrected chi connectivity index (χ0v) is 17.4. The van der Waals surface area contributed by atoms with Crippen molar-refractivity contribution in [2.24, 2.45) is 0 Å². The Morgan fingerprint density at radius 3 is 2.85 bits per heavy atom. The van der Waals surface area contributed by atoms with Gasteiger partial charge in [-0.1, -0.05) is 6.92 Å². The van der Waals surface area contributed by atoms with E-state index in [0.717, 1.165) is 16.8 Å². The fraction of sp³-hybridized carbons (Fsp3) is 0.667. The summed E-state index contributed by atoms with van der Waals surface area (Å²) >= 11 is 2.94. The first-order valence-corrected chi connectivity index (χ1v) is 11.1. The highest BCUT2D eigenvalue weighted by molar-refractivity contribution is 7.98. The van der Waals surface area contributed by atoms with Gasteiger partial charge in [-0.05, 0) is 26.5 Å². The molecule has 2 fully saturated rings. The highest BCUT2D eigenvalue weighted by Gasteiger charge is 2.64. The average Bonchev–Trinajstić information content (AvgIpc) is 3.27. The van der Waals surface area contributed by atoms with E-state index in [9.17, 15) is 5.11 Å². The normalized spacial score (nSPS) is 32.3. The molecule has 148 valence electrons. The van der Waals surface area contributed by atoms with Crippen molar-refractivity contribution in [3.05, 3.63) is 16.6 Å². The van der Waals surface area contributed by atoms with Crippen LogP contribution in [0.5, 0.6) is 0 Å². The van der Waals surface area contributed by atoms with Gasteiger partial charge >= 0.3 is 0 Å². The number of aromatic nitrogens is 2. The summed E-state index contributed by atoms with van der Waals surface area (Å²) in [5.41, 5.74) is 0.684. The summed E-state index contributed by atoms with van der Waals surface area (Å²) in [7, 11) is 0. The quantitative estimate of drug-likeness (QED) is 0.441. The van der Waals surface area contributed by atoms with Crippen molar-refractivity contribution in [2.45, 2.75) is 62.1 Å². The third-order valence-corrected chi connectivity index (χ3v) is 6.51. The largest absolute Gasteiger partial charge is 0.379 e. The van der Waals surface area contributed by atoms with E-state index in [2.05, 4.69) is 9.97 Å². The van der Waals surface area contributed by atoms with Crippen molar-refractivity contribution in [3.8, 4) is 0 Å². The van der Waals surface area contributed by atoms with Gasteiger partial charge in [-0.2, -0.15) is 0 Å². The van der Waals surface area contributed by atoms with E-state index in [1.807, 2.05) is 32.4 Å². The Hall–Kier alpha value is -0.810. The Morgan fingerprint density at radius 2 is 2.11 bits per heavy atom. The second-order valence-electron chi connectivity index (χ2n) is 7.16. The lowest BCUT2D eigenvalue weighted by atomic mass is 10.0. The molecule has 4 rings (SSSR count). The fourth-order valence-electron chi connectivity index (χ4n) is 3.64. The minimum Gasteiger partial charge on any atom is -0.379 e. The van der Waals surface area contributed by atoms with Crippen LogP contribution in [0.25, 0.3) is 10.9 Å². The van der Waals surface area contributed by atoms with Crippen LogP contribution in [0.4, 0.5) is 0 Å². The van der Waals surface area contributed by atoms with Gasteiger partial charge in [0.25, 0.3) is 0 Å². The zero-order valence-electron chi connectivity index (χ0n) is 15.8. The Kier molecular flexibility index (Phi) is 5.21. The standard InChI is InChI=1S/C18H24N2O5S2/c1-5-6-22-7-11-13-14(25-17(2,3)24-13)18(21,23-11)15-12-10(8-27-15)16(26-4)20-9-19-12/h8-9,11,13-14,21H,5-7H2,1-4H3. The lowest BCUT2D eigenvalue weighted by Crippen LogP contribution is -2.40. The van der Waals surface area contributed by atoms with Gasteiger partial charge in [0, 0.05) is 17.4 Å². The molecule has 2 aromatic heterocycles. The summed E-state index contributed by atoms with van der Waals surface area (Å²) < 4.78 is 23.9. The van der Waals surface area contributed by atoms with Crippen LogP contribution in [0.2, 0.25) is 0 Å². The summed E-state index contributed by atoms with van der Waals surface area (Å²) in [5, 5.41) is 15.3. The van der Waals surface area contributed by atoms with Crippen LogP contribution >= 0.6 is 23.1 Å². The molecule has 4 heterocycles. The van der Waals surface area contributed by atoms with Gasteiger partial charge in [-0.15, -0.1) is 23.1 Å². The first-order valence-electron chi connectivity index (χ1n) is 9.00. The van der Waals surface area contributed by atoms with Crippen molar-refractivity contribution in [3.63, 3.8) is 0 Å². The topological polar surface area (TPSA) is 82.9 Å². The van der Waals surface area contributed by atoms with Gasteiger partial charge in [0.1, 0.15) is 29.7 Å². The number of thiophene rings is 1. The lowest BCUT2D eigenvalue weighted by Gasteiger charge is -2.29. The molecule has 0 aliphatic carbocycles. The van der Waals surface area contributed by atoms with E-state index >= 15 is 0 Å². The molecule has 1 N–H and O–H groups in total. The molecule has 4 unspecified atom stereocenters. The first-order chi connectivity index (χ1) is 12.9. The van der Waals surface area contributed by atoms with Gasteiger partial charge in [0.15, 0.2) is 5.79 Å². The predicted molar refractivity (Wildman–Crippen MR) is 103 cm³/mol. The number of aliphatic hydroxyl groups is 1. The van der Waals surface area contributed by atoms with Crippen LogP contribution < -0.4 is 0 Å². The highest BCUT2D eigenvalue weighted by atomic mass is 32.2. The number of fused-ring (bicyclic) bond motifs is 2. The molecule has 0 saturated carbocycles. The second-order valence-corrected chi connectivity index (χ2v) is 8.83. The fourth-order valence-corrected chi connectivity index (χ4v) is 5.31. The van der Waals surface area contributed by atoms with Gasteiger partial charge in [0.05, 0.1) is 17.0 Å². The van der Waals surface area contributed by atoms with E-state index in [1.54, 1.807) is 11.8 Å². The molecule has 7 nitrogen and oxygen atoms in total. The number of nitrogens with zero attached hydrogens (tertiary/aromatic N) is 2. The summed E-state index contributed by atoms with van der Waals surface area (Å²) in [6.45, 7) is 6.71. The molecular weight excluding hydrogens is 388 g/mol. The molecular formula is C18H24N2O5S2. The van der Waals surface area contributed by atoms with E-state index in [1.165, 1.54) is 17.7 Å². The predicted octanol–water partition coefficient (Wildman–Crippen LogP) is 2.90. The van der Waals surface area contributed by atoms with Gasteiger partial charge < -0.3 is 24.1 Å². The summed E-state index contributed by atoms with van der Waals surface area (Å²) in [6, 6.07) is 0. The Morgan fingerprint density at radius 1 is 1.30 bits per heavy atom. The van der Waals surface area contributed by atoms with Crippen LogP contribution in [-0.4, -0.2) is 58.6 Å². The molecule has 0 amide bonds. The minimum atomic E-state index is -1.64. The number of ether oxygens (including phenoxy) is 4. The molecule has 2 aliphatic heterocycles. The molecule has 9 heteroatoms. The molecule has 0 aromatic carbocycles. The third kappa shape index (κ3) is 3.29. The Bertz CT molecular complexity index is 829. The van der Waals surface area contributed by atoms with E-state index in [4.69, 9.17) is 18.9 Å². The molecule has 0 bridgehead atoms. The maximum atomic E-state index is 11.6. The van der Waals surface area contributed by atoms with Crippen molar-refractivity contribution >= 4 is 34.0 Å². The molecule has 27 heavy (non-hydrogen) atoms. The Balaban J connectivity index is 1.73. The second kappa shape index (κ2) is 7.22. The summed E-state index contributed by atoms with van der Waals surface area (Å²) in [6.07, 6.45) is 2.90. The minimum absolute atomic E-state index is 0.338. The third-order valence-electron chi connectivity index (χ3n) is 4.72. The SMILES string of the molecule is CCCOCC1OC(O)(c2scc3c(SC)ncnc23)C2OC(C)(C)OC12. The van der Waals surface area contributed by atoms with Gasteiger partial charge in [-0.25, -0.2) is 9.97 Å². The molecule has 2 aliphatic rings. The Labute approximate surface area is 166 Å². The van der Waals surface area contributed by atoms with Crippen LogP contribution in [0.3, 0.4) is 0 Å². The smallest absolute Gasteiger partial charge is 0.234 e. The van der Waals surface area contributed by atoms with Crippen LogP contribution in [0.1, 0.15) is 32.1 Å². The first kappa shape index (κ1) is 19.5. The lowest BCUT2D eigenvalue weighted by molar-refractivity contribution is -0.282. The maximum absolute atomic E-state index is 11.6. The van der Waals surface area contributed by atoms with Crippen molar-refractivity contribution in [2.75, 3.05) is 19.5 Å². The van der Waals surface area contributed by atoms with Crippen molar-refractivity contribution < 1.29 is 24.1 Å². The number of hydrogen-bond donors (Lipinski definition) is 1. The maximum Gasteiger partial charge on any atom is 0.234 e. The number of thioether (sulfide) groups is 1.